The summed E-state index contributed by atoms with van der Waals surface area (Å²) >= 11 is 0. The lowest BCUT2D eigenvalue weighted by molar-refractivity contribution is 0.0276. The summed E-state index contributed by atoms with van der Waals surface area (Å²) in [6, 6.07) is 8.05. The maximum absolute atomic E-state index is 12.2. The number of amidine groups is 1. The van der Waals surface area contributed by atoms with Crippen molar-refractivity contribution in [3.8, 4) is 5.75 Å². The highest BCUT2D eigenvalue weighted by molar-refractivity contribution is 5.88. The molecule has 3 rings (SSSR count). The number of ether oxygens (including phenoxy) is 2. The Morgan fingerprint density at radius 1 is 1.39 bits per heavy atom. The van der Waals surface area contributed by atoms with Crippen LogP contribution in [0.25, 0.3) is 0 Å². The van der Waals surface area contributed by atoms with Gasteiger partial charge in [-0.05, 0) is 26.8 Å². The molecular weight excluding hydrogens is 294 g/mol. The Labute approximate surface area is 136 Å². The van der Waals surface area contributed by atoms with Crippen LogP contribution in [0.15, 0.2) is 29.3 Å². The Bertz CT molecular complexity index is 622. The molecule has 2 aliphatic heterocycles. The minimum atomic E-state index is -0.489. The van der Waals surface area contributed by atoms with Gasteiger partial charge in [0, 0.05) is 12.1 Å². The first-order valence-corrected chi connectivity index (χ1v) is 7.92. The molecule has 0 aromatic heterocycles. The van der Waals surface area contributed by atoms with Crippen LogP contribution in [0.2, 0.25) is 0 Å². The molecule has 0 spiro atoms. The summed E-state index contributed by atoms with van der Waals surface area (Å²) in [6.45, 7) is 7.78. The highest BCUT2D eigenvalue weighted by Gasteiger charge is 2.28. The highest BCUT2D eigenvalue weighted by atomic mass is 16.6. The molecule has 0 bridgehead atoms. The van der Waals surface area contributed by atoms with Crippen LogP contribution in [-0.4, -0.2) is 48.7 Å². The summed E-state index contributed by atoms with van der Waals surface area (Å²) in [5.41, 5.74) is 0.641. The predicted molar refractivity (Wildman–Crippen MR) is 87.9 cm³/mol. The minimum Gasteiger partial charge on any atom is -0.491 e. The molecule has 23 heavy (non-hydrogen) atoms. The number of hydrogen-bond donors (Lipinski definition) is 1. The lowest BCUT2D eigenvalue weighted by atomic mass is 10.1. The summed E-state index contributed by atoms with van der Waals surface area (Å²) in [7, 11) is 0. The normalized spacial score (nSPS) is 20.4. The second-order valence-electron chi connectivity index (χ2n) is 6.78. The zero-order valence-corrected chi connectivity index (χ0v) is 13.8. The molecule has 1 atom stereocenters. The maximum Gasteiger partial charge on any atom is 0.410 e. The van der Waals surface area contributed by atoms with Crippen molar-refractivity contribution in [3.05, 3.63) is 29.8 Å². The zero-order chi connectivity index (χ0) is 16.4. The number of aliphatic imine (C=N–C) groups is 1. The van der Waals surface area contributed by atoms with Crippen molar-refractivity contribution in [2.75, 3.05) is 26.2 Å². The van der Waals surface area contributed by atoms with E-state index < -0.39 is 5.60 Å². The van der Waals surface area contributed by atoms with Crippen molar-refractivity contribution < 1.29 is 14.3 Å². The van der Waals surface area contributed by atoms with Gasteiger partial charge in [0.25, 0.3) is 0 Å². The second-order valence-corrected chi connectivity index (χ2v) is 6.78. The Hall–Kier alpha value is -2.24. The molecule has 1 unspecified atom stereocenters. The van der Waals surface area contributed by atoms with Crippen LogP contribution in [0, 0.1) is 0 Å². The van der Waals surface area contributed by atoms with E-state index in [9.17, 15) is 4.79 Å². The van der Waals surface area contributed by atoms with Crippen LogP contribution in [0.3, 0.4) is 0 Å². The highest BCUT2D eigenvalue weighted by Crippen LogP contribution is 2.31. The van der Waals surface area contributed by atoms with E-state index in [4.69, 9.17) is 9.47 Å². The van der Waals surface area contributed by atoms with Gasteiger partial charge in [0.05, 0.1) is 19.1 Å². The predicted octanol–water partition coefficient (Wildman–Crippen LogP) is 2.36. The molecule has 1 N–H and O–H groups in total. The van der Waals surface area contributed by atoms with Gasteiger partial charge >= 0.3 is 6.09 Å². The summed E-state index contributed by atoms with van der Waals surface area (Å²) in [5, 5.41) is 3.40. The third-order valence-electron chi connectivity index (χ3n) is 3.71. The fourth-order valence-electron chi connectivity index (χ4n) is 2.67. The number of nitrogens with one attached hydrogen (secondary N) is 1. The molecule has 0 fully saturated rings. The number of rotatable bonds is 1. The lowest BCUT2D eigenvalue weighted by Gasteiger charge is -2.30. The number of fused-ring (bicyclic) bond motifs is 1. The van der Waals surface area contributed by atoms with Gasteiger partial charge in [-0.3, -0.25) is 9.89 Å². The van der Waals surface area contributed by atoms with Crippen molar-refractivity contribution in [3.63, 3.8) is 0 Å². The van der Waals surface area contributed by atoms with Gasteiger partial charge in [-0.1, -0.05) is 18.2 Å². The summed E-state index contributed by atoms with van der Waals surface area (Å²) in [5.74, 6) is 1.71. The fraction of sp³-hybridized carbons (Fsp3) is 0.529. The molecule has 6 heteroatoms. The van der Waals surface area contributed by atoms with E-state index >= 15 is 0 Å². The summed E-state index contributed by atoms with van der Waals surface area (Å²) in [4.78, 5) is 18.4. The van der Waals surface area contributed by atoms with Crippen molar-refractivity contribution >= 4 is 11.9 Å². The Balaban J connectivity index is 1.62. The average molecular weight is 317 g/mol. The molecular formula is C17H23N3O3. The minimum absolute atomic E-state index is 0.0727. The summed E-state index contributed by atoms with van der Waals surface area (Å²) < 4.78 is 11.1. The first-order valence-electron chi connectivity index (χ1n) is 7.92. The van der Waals surface area contributed by atoms with E-state index in [-0.39, 0.29) is 12.1 Å². The van der Waals surface area contributed by atoms with E-state index in [1.165, 1.54) is 0 Å². The topological polar surface area (TPSA) is 63.2 Å². The fourth-order valence-corrected chi connectivity index (χ4v) is 2.67. The zero-order valence-electron chi connectivity index (χ0n) is 13.8. The van der Waals surface area contributed by atoms with Gasteiger partial charge < -0.3 is 14.8 Å². The van der Waals surface area contributed by atoms with Gasteiger partial charge in [0.1, 0.15) is 23.8 Å². The number of benzene rings is 1. The first kappa shape index (κ1) is 15.6. The number of carbonyl (C=O) groups excluding carboxylic acids is 1. The number of nitrogens with zero attached hydrogens (tertiary/aromatic N) is 2. The van der Waals surface area contributed by atoms with Crippen molar-refractivity contribution in [2.45, 2.75) is 32.4 Å². The lowest BCUT2D eigenvalue weighted by Crippen LogP contribution is -2.48. The monoisotopic (exact) mass is 317 g/mol. The van der Waals surface area contributed by atoms with Crippen LogP contribution in [0.5, 0.6) is 5.75 Å². The number of carbonyl (C=O) groups is 1. The third-order valence-corrected chi connectivity index (χ3v) is 3.71. The van der Waals surface area contributed by atoms with Gasteiger partial charge in [0.15, 0.2) is 0 Å². The Kier molecular flexibility index (Phi) is 4.15. The van der Waals surface area contributed by atoms with E-state index in [1.807, 2.05) is 39.0 Å². The van der Waals surface area contributed by atoms with Gasteiger partial charge in [-0.15, -0.1) is 0 Å². The van der Waals surface area contributed by atoms with Crippen LogP contribution in [0.1, 0.15) is 32.4 Å². The summed E-state index contributed by atoms with van der Waals surface area (Å²) in [6.07, 6.45) is -0.297. The van der Waals surface area contributed by atoms with Crippen molar-refractivity contribution in [1.82, 2.24) is 10.2 Å². The van der Waals surface area contributed by atoms with Gasteiger partial charge in [0.2, 0.25) is 0 Å². The Morgan fingerprint density at radius 2 is 2.17 bits per heavy atom. The molecule has 6 nitrogen and oxygen atoms in total. The van der Waals surface area contributed by atoms with E-state index in [0.29, 0.717) is 26.2 Å². The number of para-hydroxylation sites is 1. The van der Waals surface area contributed by atoms with E-state index in [2.05, 4.69) is 16.4 Å². The van der Waals surface area contributed by atoms with E-state index in [1.54, 1.807) is 4.90 Å². The molecule has 1 amide bonds. The molecule has 2 heterocycles. The quantitative estimate of drug-likeness (QED) is 0.863. The largest absolute Gasteiger partial charge is 0.491 e. The molecule has 0 saturated carbocycles. The first-order chi connectivity index (χ1) is 10.9. The molecule has 124 valence electrons. The average Bonchev–Trinajstić information content (AvgIpc) is 2.89. The number of amides is 1. The van der Waals surface area contributed by atoms with Crippen LogP contribution >= 0.6 is 0 Å². The number of hydrogen-bond acceptors (Lipinski definition) is 5. The molecule has 2 aliphatic rings. The van der Waals surface area contributed by atoms with Gasteiger partial charge in [-0.2, -0.15) is 0 Å². The maximum atomic E-state index is 12.2. The smallest absolute Gasteiger partial charge is 0.410 e. The van der Waals surface area contributed by atoms with Gasteiger partial charge in [-0.25, -0.2) is 4.79 Å². The van der Waals surface area contributed by atoms with E-state index in [0.717, 1.165) is 17.1 Å². The van der Waals surface area contributed by atoms with Crippen molar-refractivity contribution in [2.24, 2.45) is 4.99 Å². The van der Waals surface area contributed by atoms with Crippen LogP contribution in [-0.2, 0) is 4.74 Å². The van der Waals surface area contributed by atoms with Crippen molar-refractivity contribution in [1.29, 1.82) is 0 Å². The molecule has 1 aromatic carbocycles. The molecule has 0 aliphatic carbocycles. The molecule has 1 aromatic rings. The second kappa shape index (κ2) is 6.10. The Morgan fingerprint density at radius 3 is 2.96 bits per heavy atom. The van der Waals surface area contributed by atoms with Crippen LogP contribution < -0.4 is 10.1 Å². The SMILES string of the molecule is CC(C)(C)OC(=O)N1CCN=C(NC2COc3ccccc32)C1. The van der Waals surface area contributed by atoms with Crippen LogP contribution in [0.4, 0.5) is 4.79 Å². The third kappa shape index (κ3) is 3.75. The molecule has 0 radical (unpaired) electrons. The standard InChI is InChI=1S/C17H23N3O3/c1-17(2,3)23-16(21)20-9-8-18-15(10-20)19-13-11-22-14-7-5-4-6-12(13)14/h4-7,13H,8-11H2,1-3H3,(H,18,19). The molecule has 0 saturated heterocycles.